The van der Waals surface area contributed by atoms with Gasteiger partial charge in [-0.1, -0.05) is 6.07 Å². The first-order valence-electron chi connectivity index (χ1n) is 6.01. The fraction of sp³-hybridized carbons (Fsp3) is 0.583. The molecule has 1 aliphatic heterocycles. The van der Waals surface area contributed by atoms with Crippen LogP contribution in [0.1, 0.15) is 6.92 Å². The van der Waals surface area contributed by atoms with E-state index in [9.17, 15) is 5.11 Å². The highest BCUT2D eigenvalue weighted by atomic mass is 16.5. The molecule has 0 amide bonds. The number of nitrogens with zero attached hydrogens (tertiary/aromatic N) is 2. The van der Waals surface area contributed by atoms with E-state index < -0.39 is 0 Å². The van der Waals surface area contributed by atoms with E-state index in [4.69, 9.17) is 4.74 Å². The van der Waals surface area contributed by atoms with Crippen molar-refractivity contribution in [2.75, 3.05) is 43.1 Å². The van der Waals surface area contributed by atoms with Crippen LogP contribution in [0.15, 0.2) is 18.2 Å². The predicted molar refractivity (Wildman–Crippen MR) is 67.4 cm³/mol. The van der Waals surface area contributed by atoms with Crippen molar-refractivity contribution in [1.82, 2.24) is 4.98 Å². The maximum atomic E-state index is 9.33. The highest BCUT2D eigenvalue weighted by Gasteiger charge is 2.23. The van der Waals surface area contributed by atoms with Crippen molar-refractivity contribution in [3.63, 3.8) is 0 Å². The molecule has 0 spiro atoms. The van der Waals surface area contributed by atoms with Gasteiger partial charge in [0.05, 0.1) is 25.9 Å². The lowest BCUT2D eigenvalue weighted by atomic mass is 10.2. The van der Waals surface area contributed by atoms with Crippen molar-refractivity contribution in [2.24, 2.45) is 0 Å². The quantitative estimate of drug-likeness (QED) is 0.807. The average Bonchev–Trinajstić information content (AvgIpc) is 2.39. The largest absolute Gasteiger partial charge is 0.394 e. The monoisotopic (exact) mass is 237 g/mol. The molecular weight excluding hydrogens is 218 g/mol. The Balaban J connectivity index is 2.16. The molecule has 0 bridgehead atoms. The van der Waals surface area contributed by atoms with Gasteiger partial charge in [0.25, 0.3) is 0 Å². The molecule has 0 aromatic carbocycles. The van der Waals surface area contributed by atoms with Crippen LogP contribution in [0.4, 0.5) is 11.6 Å². The Morgan fingerprint density at radius 3 is 3.24 bits per heavy atom. The molecule has 0 radical (unpaired) electrons. The van der Waals surface area contributed by atoms with Crippen LogP contribution in [0.25, 0.3) is 0 Å². The summed E-state index contributed by atoms with van der Waals surface area (Å²) in [6.45, 7) is 5.00. The van der Waals surface area contributed by atoms with Crippen LogP contribution in [-0.2, 0) is 4.74 Å². The van der Waals surface area contributed by atoms with E-state index in [2.05, 4.69) is 15.2 Å². The first kappa shape index (κ1) is 12.1. The van der Waals surface area contributed by atoms with E-state index in [1.54, 1.807) is 0 Å². The Labute approximate surface area is 101 Å². The van der Waals surface area contributed by atoms with Crippen LogP contribution in [0, 0.1) is 0 Å². The number of nitrogens with one attached hydrogen (secondary N) is 1. The van der Waals surface area contributed by atoms with Crippen LogP contribution >= 0.6 is 0 Å². The Morgan fingerprint density at radius 2 is 2.47 bits per heavy atom. The van der Waals surface area contributed by atoms with E-state index in [0.29, 0.717) is 13.2 Å². The Hall–Kier alpha value is -1.33. The minimum Gasteiger partial charge on any atom is -0.394 e. The Morgan fingerprint density at radius 1 is 1.59 bits per heavy atom. The third-order valence-electron chi connectivity index (χ3n) is 2.82. The standard InChI is InChI=1S/C12H19N3O2/c1-2-13-11-4-3-5-12(14-11)15-6-7-17-9-10(15)8-16/h3-5,10,16H,2,6-9H2,1H3,(H,13,14). The molecule has 2 N–H and O–H groups in total. The number of ether oxygens (including phenoxy) is 1. The number of morpholine rings is 1. The molecule has 1 saturated heterocycles. The van der Waals surface area contributed by atoms with Crippen molar-refractivity contribution in [3.8, 4) is 0 Å². The molecule has 17 heavy (non-hydrogen) atoms. The molecule has 5 nitrogen and oxygen atoms in total. The summed E-state index contributed by atoms with van der Waals surface area (Å²) in [4.78, 5) is 6.63. The summed E-state index contributed by atoms with van der Waals surface area (Å²) in [7, 11) is 0. The van der Waals surface area contributed by atoms with Crippen LogP contribution < -0.4 is 10.2 Å². The fourth-order valence-corrected chi connectivity index (χ4v) is 1.97. The number of hydrogen-bond acceptors (Lipinski definition) is 5. The lowest BCUT2D eigenvalue weighted by Gasteiger charge is -2.35. The SMILES string of the molecule is CCNc1cccc(N2CCOCC2CO)n1. The Bertz CT molecular complexity index is 359. The number of hydrogen-bond donors (Lipinski definition) is 2. The van der Waals surface area contributed by atoms with Gasteiger partial charge in [-0.2, -0.15) is 0 Å². The molecule has 2 heterocycles. The lowest BCUT2D eigenvalue weighted by Crippen LogP contribution is -2.48. The highest BCUT2D eigenvalue weighted by Crippen LogP contribution is 2.19. The molecule has 94 valence electrons. The van der Waals surface area contributed by atoms with E-state index in [-0.39, 0.29) is 12.6 Å². The number of anilines is 2. The van der Waals surface area contributed by atoms with Crippen LogP contribution in [0.3, 0.4) is 0 Å². The van der Waals surface area contributed by atoms with Gasteiger partial charge in [-0.3, -0.25) is 0 Å². The van der Waals surface area contributed by atoms with Crippen LogP contribution in [-0.4, -0.2) is 49.0 Å². The van der Waals surface area contributed by atoms with Gasteiger partial charge >= 0.3 is 0 Å². The highest BCUT2D eigenvalue weighted by molar-refractivity contribution is 5.48. The lowest BCUT2D eigenvalue weighted by molar-refractivity contribution is 0.0723. The van der Waals surface area contributed by atoms with Gasteiger partial charge in [0.1, 0.15) is 11.6 Å². The first-order valence-corrected chi connectivity index (χ1v) is 6.01. The molecule has 5 heteroatoms. The summed E-state index contributed by atoms with van der Waals surface area (Å²) < 4.78 is 5.36. The van der Waals surface area contributed by atoms with E-state index in [1.165, 1.54) is 0 Å². The van der Waals surface area contributed by atoms with Gasteiger partial charge in [0, 0.05) is 13.1 Å². The summed E-state index contributed by atoms with van der Waals surface area (Å²) in [6.07, 6.45) is 0. The topological polar surface area (TPSA) is 57.6 Å². The van der Waals surface area contributed by atoms with Crippen LogP contribution in [0.5, 0.6) is 0 Å². The van der Waals surface area contributed by atoms with Crippen molar-refractivity contribution in [1.29, 1.82) is 0 Å². The zero-order chi connectivity index (χ0) is 12.1. The van der Waals surface area contributed by atoms with Gasteiger partial charge < -0.3 is 20.1 Å². The summed E-state index contributed by atoms with van der Waals surface area (Å²) >= 11 is 0. The van der Waals surface area contributed by atoms with E-state index in [0.717, 1.165) is 24.7 Å². The second kappa shape index (κ2) is 5.84. The van der Waals surface area contributed by atoms with Gasteiger partial charge in [-0.05, 0) is 19.1 Å². The first-order chi connectivity index (χ1) is 8.35. The molecule has 2 rings (SSSR count). The average molecular weight is 237 g/mol. The van der Waals surface area contributed by atoms with Gasteiger partial charge in [-0.15, -0.1) is 0 Å². The third-order valence-corrected chi connectivity index (χ3v) is 2.82. The molecule has 0 aliphatic carbocycles. The summed E-state index contributed by atoms with van der Waals surface area (Å²) in [5.41, 5.74) is 0. The molecular formula is C12H19N3O2. The summed E-state index contributed by atoms with van der Waals surface area (Å²) in [5.74, 6) is 1.76. The third kappa shape index (κ3) is 2.87. The van der Waals surface area contributed by atoms with Crippen LogP contribution in [0.2, 0.25) is 0 Å². The molecule has 1 aromatic heterocycles. The number of pyridine rings is 1. The van der Waals surface area contributed by atoms with Gasteiger partial charge in [-0.25, -0.2) is 4.98 Å². The van der Waals surface area contributed by atoms with Crippen molar-refractivity contribution in [3.05, 3.63) is 18.2 Å². The maximum Gasteiger partial charge on any atom is 0.131 e. The second-order valence-electron chi connectivity index (χ2n) is 4.02. The molecule has 1 aliphatic rings. The second-order valence-corrected chi connectivity index (χ2v) is 4.02. The summed E-state index contributed by atoms with van der Waals surface area (Å²) in [5, 5.41) is 12.5. The fourth-order valence-electron chi connectivity index (χ4n) is 1.97. The minimum atomic E-state index is 0.00752. The number of aliphatic hydroxyl groups excluding tert-OH is 1. The molecule has 0 saturated carbocycles. The Kier molecular flexibility index (Phi) is 4.17. The minimum absolute atomic E-state index is 0.00752. The van der Waals surface area contributed by atoms with Crippen molar-refractivity contribution >= 4 is 11.6 Å². The number of rotatable bonds is 4. The van der Waals surface area contributed by atoms with Crippen molar-refractivity contribution < 1.29 is 9.84 Å². The van der Waals surface area contributed by atoms with Crippen molar-refractivity contribution in [2.45, 2.75) is 13.0 Å². The summed E-state index contributed by atoms with van der Waals surface area (Å²) in [6, 6.07) is 5.90. The van der Waals surface area contributed by atoms with Gasteiger partial charge in [0.15, 0.2) is 0 Å². The molecule has 1 atom stereocenters. The predicted octanol–water partition coefficient (Wildman–Crippen LogP) is 0.711. The van der Waals surface area contributed by atoms with E-state index >= 15 is 0 Å². The van der Waals surface area contributed by atoms with Gasteiger partial charge in [0.2, 0.25) is 0 Å². The number of aromatic nitrogens is 1. The number of aliphatic hydroxyl groups is 1. The zero-order valence-electron chi connectivity index (χ0n) is 10.1. The normalized spacial score (nSPS) is 20.4. The van der Waals surface area contributed by atoms with E-state index in [1.807, 2.05) is 25.1 Å². The molecule has 1 aromatic rings. The molecule has 1 fully saturated rings. The maximum absolute atomic E-state index is 9.33. The zero-order valence-corrected chi connectivity index (χ0v) is 10.1. The smallest absolute Gasteiger partial charge is 0.131 e. The molecule has 1 unspecified atom stereocenters.